The maximum atomic E-state index is 11.7. The van der Waals surface area contributed by atoms with Gasteiger partial charge in [-0.05, 0) is 24.1 Å². The van der Waals surface area contributed by atoms with Crippen LogP contribution in [-0.4, -0.2) is 51.4 Å². The monoisotopic (exact) mass is 495 g/mol. The second-order valence-electron chi connectivity index (χ2n) is 5.94. The first-order valence-electron chi connectivity index (χ1n) is 8.20. The molecule has 1 aromatic rings. The molecule has 1 aliphatic heterocycles. The molecule has 4 N–H and O–H groups in total. The second kappa shape index (κ2) is 10.1. The molecule has 0 spiro atoms. The van der Waals surface area contributed by atoms with E-state index in [0.717, 1.165) is 18.5 Å². The number of sulfonamides is 1. The van der Waals surface area contributed by atoms with E-state index in [0.29, 0.717) is 25.5 Å². The fraction of sp³-hybridized carbons (Fsp3) is 0.500. The first kappa shape index (κ1) is 22.6. The SMILES string of the molecule is CCC(=O)N1CCC(NC(=NC)NCc2cccc(S(N)(=O)=O)c2)C1.I. The summed E-state index contributed by atoms with van der Waals surface area (Å²) in [4.78, 5) is 17.8. The zero-order valence-corrected chi connectivity index (χ0v) is 18.1. The summed E-state index contributed by atoms with van der Waals surface area (Å²) in [6, 6.07) is 6.61. The lowest BCUT2D eigenvalue weighted by molar-refractivity contribution is -0.129. The molecule has 1 aliphatic rings. The van der Waals surface area contributed by atoms with E-state index in [1.165, 1.54) is 12.1 Å². The molecule has 1 amide bonds. The number of amides is 1. The summed E-state index contributed by atoms with van der Waals surface area (Å²) in [5.41, 5.74) is 0.781. The minimum Gasteiger partial charge on any atom is -0.352 e. The van der Waals surface area contributed by atoms with Crippen LogP contribution in [-0.2, 0) is 21.4 Å². The molecule has 1 fully saturated rings. The average molecular weight is 495 g/mol. The summed E-state index contributed by atoms with van der Waals surface area (Å²) in [6.45, 7) is 3.68. The first-order valence-corrected chi connectivity index (χ1v) is 9.74. The van der Waals surface area contributed by atoms with Crippen LogP contribution in [0.25, 0.3) is 0 Å². The van der Waals surface area contributed by atoms with Crippen molar-refractivity contribution in [1.29, 1.82) is 0 Å². The highest BCUT2D eigenvalue weighted by Crippen LogP contribution is 2.11. The van der Waals surface area contributed by atoms with Crippen LogP contribution >= 0.6 is 24.0 Å². The van der Waals surface area contributed by atoms with Crippen molar-refractivity contribution in [2.75, 3.05) is 20.1 Å². The quantitative estimate of drug-likeness (QED) is 0.315. The molecule has 0 aromatic heterocycles. The molecule has 1 unspecified atom stereocenters. The van der Waals surface area contributed by atoms with Gasteiger partial charge in [-0.1, -0.05) is 19.1 Å². The van der Waals surface area contributed by atoms with E-state index in [2.05, 4.69) is 15.6 Å². The van der Waals surface area contributed by atoms with Crippen LogP contribution in [0.3, 0.4) is 0 Å². The lowest BCUT2D eigenvalue weighted by Crippen LogP contribution is -2.44. The number of nitrogens with zero attached hydrogens (tertiary/aromatic N) is 2. The van der Waals surface area contributed by atoms with Crippen molar-refractivity contribution in [2.24, 2.45) is 10.1 Å². The molecule has 1 atom stereocenters. The highest BCUT2D eigenvalue weighted by molar-refractivity contribution is 14.0. The molecular weight excluding hydrogens is 469 g/mol. The van der Waals surface area contributed by atoms with E-state index in [1.54, 1.807) is 13.1 Å². The van der Waals surface area contributed by atoms with Gasteiger partial charge in [0.05, 0.1) is 4.90 Å². The number of halogens is 1. The van der Waals surface area contributed by atoms with E-state index in [1.807, 2.05) is 17.9 Å². The second-order valence-corrected chi connectivity index (χ2v) is 7.50. The molecule has 1 aromatic carbocycles. The highest BCUT2D eigenvalue weighted by atomic mass is 127. The highest BCUT2D eigenvalue weighted by Gasteiger charge is 2.25. The van der Waals surface area contributed by atoms with Crippen molar-refractivity contribution in [3.05, 3.63) is 29.8 Å². The Balaban J connectivity index is 0.00000338. The van der Waals surface area contributed by atoms with E-state index >= 15 is 0 Å². The standard InChI is InChI=1S/C16H25N5O3S.HI/c1-3-15(22)21-8-7-13(11-21)20-16(18-2)19-10-12-5-4-6-14(9-12)25(17,23)24;/h4-6,9,13H,3,7-8,10-11H2,1-2H3,(H2,17,23,24)(H2,18,19,20);1H. The number of nitrogens with two attached hydrogens (primary N) is 1. The number of hydrogen-bond acceptors (Lipinski definition) is 4. The van der Waals surface area contributed by atoms with Gasteiger partial charge in [0.1, 0.15) is 0 Å². The molecule has 8 nitrogen and oxygen atoms in total. The Morgan fingerprint density at radius 1 is 1.42 bits per heavy atom. The minimum absolute atomic E-state index is 0. The molecule has 26 heavy (non-hydrogen) atoms. The molecular formula is C16H26IN5O3S. The Bertz CT molecular complexity index is 754. The molecule has 0 aliphatic carbocycles. The van der Waals surface area contributed by atoms with Crippen molar-refractivity contribution < 1.29 is 13.2 Å². The smallest absolute Gasteiger partial charge is 0.238 e. The fourth-order valence-electron chi connectivity index (χ4n) is 2.73. The number of rotatable bonds is 5. The largest absolute Gasteiger partial charge is 0.352 e. The lowest BCUT2D eigenvalue weighted by Gasteiger charge is -2.18. The zero-order chi connectivity index (χ0) is 18.4. The molecule has 0 saturated carbocycles. The van der Waals surface area contributed by atoms with Gasteiger partial charge in [-0.25, -0.2) is 13.6 Å². The molecule has 1 heterocycles. The van der Waals surface area contributed by atoms with Gasteiger partial charge in [0, 0.05) is 39.1 Å². The number of carbonyl (C=O) groups is 1. The molecule has 10 heteroatoms. The molecule has 146 valence electrons. The number of hydrogen-bond donors (Lipinski definition) is 3. The maximum Gasteiger partial charge on any atom is 0.238 e. The van der Waals surface area contributed by atoms with Crippen LogP contribution in [0.4, 0.5) is 0 Å². The Hall–Kier alpha value is -1.40. The maximum absolute atomic E-state index is 11.7. The van der Waals surface area contributed by atoms with Crippen molar-refractivity contribution in [2.45, 2.75) is 37.2 Å². The summed E-state index contributed by atoms with van der Waals surface area (Å²) in [7, 11) is -2.05. The number of carbonyl (C=O) groups excluding carboxylic acids is 1. The van der Waals surface area contributed by atoms with E-state index in [9.17, 15) is 13.2 Å². The summed E-state index contributed by atoms with van der Waals surface area (Å²) in [5, 5.41) is 11.6. The van der Waals surface area contributed by atoms with Gasteiger partial charge in [0.25, 0.3) is 0 Å². The van der Waals surface area contributed by atoms with E-state index in [4.69, 9.17) is 5.14 Å². The molecule has 2 rings (SSSR count). The molecule has 0 bridgehead atoms. The zero-order valence-electron chi connectivity index (χ0n) is 14.9. The normalized spacial score (nSPS) is 17.6. The third-order valence-electron chi connectivity index (χ3n) is 4.09. The van der Waals surface area contributed by atoms with Gasteiger partial charge in [0.2, 0.25) is 15.9 Å². The Morgan fingerprint density at radius 2 is 2.15 bits per heavy atom. The first-order chi connectivity index (χ1) is 11.8. The van der Waals surface area contributed by atoms with Crippen LogP contribution in [0.5, 0.6) is 0 Å². The third kappa shape index (κ3) is 6.40. The topological polar surface area (TPSA) is 117 Å². The van der Waals surface area contributed by atoms with Gasteiger partial charge in [0.15, 0.2) is 5.96 Å². The Labute approximate surface area is 171 Å². The summed E-state index contributed by atoms with van der Waals surface area (Å²) in [5.74, 6) is 0.767. The number of primary sulfonamides is 1. The van der Waals surface area contributed by atoms with Crippen LogP contribution in [0, 0.1) is 0 Å². The van der Waals surface area contributed by atoms with Gasteiger partial charge in [-0.3, -0.25) is 9.79 Å². The minimum atomic E-state index is -3.72. The number of guanidine groups is 1. The summed E-state index contributed by atoms with van der Waals surface area (Å²) >= 11 is 0. The predicted molar refractivity (Wildman–Crippen MR) is 112 cm³/mol. The average Bonchev–Trinajstić information content (AvgIpc) is 3.06. The molecule has 0 radical (unpaired) electrons. The van der Waals surface area contributed by atoms with Crippen LogP contribution in [0.15, 0.2) is 34.2 Å². The molecule has 1 saturated heterocycles. The number of nitrogens with one attached hydrogen (secondary N) is 2. The van der Waals surface area contributed by atoms with Crippen LogP contribution < -0.4 is 15.8 Å². The Kier molecular flexibility index (Phi) is 8.77. The summed E-state index contributed by atoms with van der Waals surface area (Å²) in [6.07, 6.45) is 1.38. The number of aliphatic imine (C=N–C) groups is 1. The fourth-order valence-corrected chi connectivity index (χ4v) is 3.32. The van der Waals surface area contributed by atoms with Crippen molar-refractivity contribution in [1.82, 2.24) is 15.5 Å². The van der Waals surface area contributed by atoms with Crippen LogP contribution in [0.2, 0.25) is 0 Å². The predicted octanol–water partition coefficient (Wildman–Crippen LogP) is 0.628. The van der Waals surface area contributed by atoms with Gasteiger partial charge in [-0.2, -0.15) is 0 Å². The third-order valence-corrected chi connectivity index (χ3v) is 5.01. The van der Waals surface area contributed by atoms with E-state index < -0.39 is 10.0 Å². The Morgan fingerprint density at radius 3 is 2.77 bits per heavy atom. The van der Waals surface area contributed by atoms with Crippen molar-refractivity contribution in [3.63, 3.8) is 0 Å². The van der Waals surface area contributed by atoms with Crippen molar-refractivity contribution >= 4 is 45.9 Å². The van der Waals surface area contributed by atoms with Gasteiger partial charge < -0.3 is 15.5 Å². The number of benzene rings is 1. The van der Waals surface area contributed by atoms with Crippen molar-refractivity contribution in [3.8, 4) is 0 Å². The lowest BCUT2D eigenvalue weighted by atomic mass is 10.2. The van der Waals surface area contributed by atoms with Gasteiger partial charge in [-0.15, -0.1) is 24.0 Å². The van der Waals surface area contributed by atoms with Crippen LogP contribution in [0.1, 0.15) is 25.3 Å². The van der Waals surface area contributed by atoms with Gasteiger partial charge >= 0.3 is 0 Å². The van der Waals surface area contributed by atoms with E-state index in [-0.39, 0.29) is 40.8 Å². The number of likely N-dealkylation sites (tertiary alicyclic amines) is 1. The summed E-state index contributed by atoms with van der Waals surface area (Å²) < 4.78 is 22.8.